The first-order chi connectivity index (χ1) is 15.6. The molecule has 6 rings (SSSR count). The first-order valence-corrected chi connectivity index (χ1v) is 11.0. The number of anilines is 1. The predicted molar refractivity (Wildman–Crippen MR) is 132 cm³/mol. The lowest BCUT2D eigenvalue weighted by Gasteiger charge is -2.17. The van der Waals surface area contributed by atoms with E-state index in [0.717, 1.165) is 30.5 Å². The Morgan fingerprint density at radius 3 is 2.76 bits per heavy atom. The third kappa shape index (κ3) is 3.68. The van der Waals surface area contributed by atoms with Crippen LogP contribution in [0.4, 0.5) is 10.3 Å². The number of pyridine rings is 1. The minimum atomic E-state index is -0.409. The second kappa shape index (κ2) is 8.26. The Kier molecular flexibility index (Phi) is 5.40. The van der Waals surface area contributed by atoms with Crippen molar-refractivity contribution in [1.29, 1.82) is 0 Å². The van der Waals surface area contributed by atoms with Crippen molar-refractivity contribution in [2.24, 2.45) is 0 Å². The summed E-state index contributed by atoms with van der Waals surface area (Å²) in [5.41, 5.74) is 8.09. The summed E-state index contributed by atoms with van der Waals surface area (Å²) in [6, 6.07) is 10.3. The van der Waals surface area contributed by atoms with Gasteiger partial charge < -0.3 is 5.32 Å². The molecule has 1 atom stereocenters. The second-order valence-electron chi connectivity index (χ2n) is 8.92. The maximum atomic E-state index is 13.8. The summed E-state index contributed by atoms with van der Waals surface area (Å²) < 4.78 is 15.6. The third-order valence-corrected chi connectivity index (χ3v) is 6.43. The quantitative estimate of drug-likeness (QED) is 0.456. The van der Waals surface area contributed by atoms with Crippen LogP contribution in [-0.4, -0.2) is 30.6 Å². The topological polar surface area (TPSA) is 68.0 Å². The number of nitrogens with zero attached hydrogens (tertiary/aromatic N) is 5. The van der Waals surface area contributed by atoms with E-state index in [0.29, 0.717) is 17.3 Å². The monoisotopic (exact) mass is 460 g/mol. The highest BCUT2D eigenvalue weighted by Gasteiger charge is 2.31. The van der Waals surface area contributed by atoms with E-state index in [1.165, 1.54) is 34.5 Å². The van der Waals surface area contributed by atoms with Crippen LogP contribution in [0.15, 0.2) is 54.5 Å². The highest BCUT2D eigenvalue weighted by Crippen LogP contribution is 2.43. The summed E-state index contributed by atoms with van der Waals surface area (Å²) in [6.45, 7) is 4.22. The minimum Gasteiger partial charge on any atom is -0.351 e. The van der Waals surface area contributed by atoms with Gasteiger partial charge in [-0.25, -0.2) is 9.37 Å². The lowest BCUT2D eigenvalue weighted by molar-refractivity contribution is 0.621. The van der Waals surface area contributed by atoms with Crippen LogP contribution >= 0.6 is 13.5 Å². The first-order valence-electron chi connectivity index (χ1n) is 11.0. The smallest absolute Gasteiger partial charge is 0.228 e. The molecule has 4 aromatic rings. The zero-order chi connectivity index (χ0) is 21.8. The van der Waals surface area contributed by atoms with E-state index in [-0.39, 0.29) is 25.5 Å². The van der Waals surface area contributed by atoms with E-state index < -0.39 is 5.82 Å². The minimum absolute atomic E-state index is 0. The number of nitrogens with one attached hydrogen (secondary N) is 1. The van der Waals surface area contributed by atoms with Crippen molar-refractivity contribution in [3.63, 3.8) is 0 Å². The fourth-order valence-electron chi connectivity index (χ4n) is 4.90. The van der Waals surface area contributed by atoms with Gasteiger partial charge in [0.1, 0.15) is 5.82 Å². The van der Waals surface area contributed by atoms with Crippen molar-refractivity contribution in [1.82, 2.24) is 24.6 Å². The van der Waals surface area contributed by atoms with E-state index in [9.17, 15) is 4.39 Å². The van der Waals surface area contributed by atoms with Crippen molar-refractivity contribution < 1.29 is 4.39 Å². The number of hydrogen-bond donors (Lipinski definition) is 1. The van der Waals surface area contributed by atoms with E-state index in [1.807, 2.05) is 6.20 Å². The number of rotatable bonds is 4. The summed E-state index contributed by atoms with van der Waals surface area (Å²) >= 11 is 0. The Balaban J connectivity index is 0.00000228. The first kappa shape index (κ1) is 21.6. The summed E-state index contributed by atoms with van der Waals surface area (Å²) in [6.07, 6.45) is 7.58. The van der Waals surface area contributed by atoms with Gasteiger partial charge >= 0.3 is 0 Å². The molecule has 0 saturated heterocycles. The number of halogens is 1. The van der Waals surface area contributed by atoms with Crippen molar-refractivity contribution in [2.75, 3.05) is 5.32 Å². The molecule has 2 aliphatic carbocycles. The molecule has 2 aliphatic rings. The molecule has 1 aromatic carbocycles. The normalized spacial score (nSPS) is 16.8. The van der Waals surface area contributed by atoms with E-state index in [1.54, 1.807) is 10.7 Å². The molecular weight excluding hydrogens is 435 g/mol. The maximum absolute atomic E-state index is 13.8. The molecule has 6 nitrogen and oxygen atoms in total. The average Bonchev–Trinajstić information content (AvgIpc) is 3.46. The highest BCUT2D eigenvalue weighted by molar-refractivity contribution is 7.59. The molecule has 1 N–H and O–H groups in total. The molecule has 33 heavy (non-hydrogen) atoms. The number of fused-ring (bicyclic) bond motifs is 3. The van der Waals surface area contributed by atoms with Gasteiger partial charge in [-0.3, -0.25) is 4.98 Å². The summed E-state index contributed by atoms with van der Waals surface area (Å²) in [7, 11) is 0. The highest BCUT2D eigenvalue weighted by atomic mass is 32.1. The van der Waals surface area contributed by atoms with Gasteiger partial charge in [-0.05, 0) is 47.9 Å². The van der Waals surface area contributed by atoms with Crippen molar-refractivity contribution >= 4 is 30.7 Å². The van der Waals surface area contributed by atoms with Crippen molar-refractivity contribution in [2.45, 2.75) is 45.1 Å². The molecule has 8 heteroatoms. The van der Waals surface area contributed by atoms with E-state index in [4.69, 9.17) is 9.97 Å². The van der Waals surface area contributed by atoms with Crippen LogP contribution in [0.3, 0.4) is 0 Å². The van der Waals surface area contributed by atoms with Gasteiger partial charge in [0.2, 0.25) is 5.95 Å². The Morgan fingerprint density at radius 1 is 1.09 bits per heavy atom. The lowest BCUT2D eigenvalue weighted by atomic mass is 10.0. The Morgan fingerprint density at radius 2 is 1.94 bits per heavy atom. The second-order valence-corrected chi connectivity index (χ2v) is 8.92. The number of hydrogen-bond acceptors (Lipinski definition) is 5. The summed E-state index contributed by atoms with van der Waals surface area (Å²) in [5.74, 6) is 0.911. The fraction of sp³-hybridized carbons (Fsp3) is 0.280. The van der Waals surface area contributed by atoms with Gasteiger partial charge in [-0.2, -0.15) is 28.1 Å². The Bertz CT molecular complexity index is 1390. The molecule has 0 bridgehead atoms. The molecule has 0 radical (unpaired) electrons. The largest absolute Gasteiger partial charge is 0.351 e. The molecular formula is C25H25FN6S. The van der Waals surface area contributed by atoms with E-state index >= 15 is 0 Å². The molecule has 3 heterocycles. The Labute approximate surface area is 198 Å². The van der Waals surface area contributed by atoms with Crippen LogP contribution < -0.4 is 5.32 Å². The maximum Gasteiger partial charge on any atom is 0.228 e. The van der Waals surface area contributed by atoms with E-state index in [2.05, 4.69) is 53.5 Å². The average molecular weight is 461 g/mol. The molecule has 168 valence electrons. The molecule has 0 saturated carbocycles. The molecule has 0 fully saturated rings. The van der Waals surface area contributed by atoms with Crippen molar-refractivity contribution in [3.05, 3.63) is 77.0 Å². The zero-order valence-corrected chi connectivity index (χ0v) is 19.5. The molecule has 0 amide bonds. The Hall–Kier alpha value is -3.26. The lowest BCUT2D eigenvalue weighted by Crippen LogP contribution is -2.21. The van der Waals surface area contributed by atoms with Crippen LogP contribution in [-0.2, 0) is 6.42 Å². The van der Waals surface area contributed by atoms with Gasteiger partial charge in [-0.15, -0.1) is 0 Å². The number of benzene rings is 1. The van der Waals surface area contributed by atoms with Gasteiger partial charge in [0.05, 0.1) is 12.4 Å². The van der Waals surface area contributed by atoms with Crippen LogP contribution in [0.5, 0.6) is 0 Å². The summed E-state index contributed by atoms with van der Waals surface area (Å²) in [4.78, 5) is 13.4. The van der Waals surface area contributed by atoms with Gasteiger partial charge in [0.15, 0.2) is 11.5 Å². The van der Waals surface area contributed by atoms with Crippen LogP contribution in [0.2, 0.25) is 0 Å². The predicted octanol–water partition coefficient (Wildman–Crippen LogP) is 5.15. The summed E-state index contributed by atoms with van der Waals surface area (Å²) in [5, 5.41) is 8.18. The van der Waals surface area contributed by atoms with Crippen LogP contribution in [0.1, 0.15) is 49.3 Å². The molecule has 0 unspecified atom stereocenters. The van der Waals surface area contributed by atoms with Gasteiger partial charge in [0, 0.05) is 23.4 Å². The zero-order valence-electron chi connectivity index (χ0n) is 18.5. The molecule has 0 aliphatic heterocycles. The molecule has 3 aromatic heterocycles. The third-order valence-electron chi connectivity index (χ3n) is 6.43. The standard InChI is InChI=1S/C25H23FN6.H2S/c1-14(2)22-13-28-32-24(22)30-23(17-8-18(26)12-27-11-17)31-25(32)29-19-9-16-7-15-5-3-4-6-20(15)21(16)10-19;/h3-6,8,11-14,19H,7,9-10H2,1-2H3,(H,29,30,31);1H2/t19-;/m0./s1. The van der Waals surface area contributed by atoms with Gasteiger partial charge in [0.25, 0.3) is 0 Å². The van der Waals surface area contributed by atoms with Gasteiger partial charge in [-0.1, -0.05) is 43.7 Å². The van der Waals surface area contributed by atoms with Crippen molar-refractivity contribution in [3.8, 4) is 11.4 Å². The van der Waals surface area contributed by atoms with Crippen LogP contribution in [0, 0.1) is 5.82 Å². The van der Waals surface area contributed by atoms with Crippen LogP contribution in [0.25, 0.3) is 22.6 Å². The number of aromatic nitrogens is 5. The molecule has 0 spiro atoms. The SMILES string of the molecule is CC(C)c1cnn2c(N[C@H]3CC4=C(C3)c3ccccc3C4)nc(-c3cncc(F)c3)nc12.S. The fourth-order valence-corrected chi connectivity index (χ4v) is 4.90.